The van der Waals surface area contributed by atoms with E-state index in [1.165, 1.54) is 0 Å². The summed E-state index contributed by atoms with van der Waals surface area (Å²) in [6.45, 7) is 8.45. The van der Waals surface area contributed by atoms with Gasteiger partial charge in [-0.25, -0.2) is 0 Å². The molecule has 4 rings (SSSR count). The van der Waals surface area contributed by atoms with Crippen LogP contribution in [0.25, 0.3) is 0 Å². The van der Waals surface area contributed by atoms with Gasteiger partial charge in [0.25, 0.3) is 0 Å². The normalized spacial score (nSPS) is 28.3. The maximum Gasteiger partial charge on any atom is 0.163 e. The summed E-state index contributed by atoms with van der Waals surface area (Å²) < 4.78 is 6.27. The summed E-state index contributed by atoms with van der Waals surface area (Å²) in [5.41, 5.74) is 1.34. The molecule has 0 atom stereocenters. The van der Waals surface area contributed by atoms with E-state index >= 15 is 0 Å². The number of Topliss-reactive ketones (excluding diaryl/α,β-unsaturated/α-hetero) is 2. The van der Waals surface area contributed by atoms with Gasteiger partial charge in [-0.15, -0.1) is 0 Å². The van der Waals surface area contributed by atoms with E-state index in [0.717, 1.165) is 35.5 Å². The third-order valence-electron chi connectivity index (χ3n) is 5.79. The highest BCUT2D eigenvalue weighted by atomic mass is 16.5. The van der Waals surface area contributed by atoms with Gasteiger partial charge in [0.05, 0.1) is 0 Å². The first-order valence-electron chi connectivity index (χ1n) is 9.22. The Hall–Kier alpha value is -1.90. The lowest BCUT2D eigenvalue weighted by molar-refractivity contribution is -0.121. The zero-order chi connectivity index (χ0) is 18.0. The molecule has 1 aliphatic heterocycles. The van der Waals surface area contributed by atoms with E-state index in [1.807, 2.05) is 12.2 Å². The van der Waals surface area contributed by atoms with Crippen LogP contribution in [0.4, 0.5) is 0 Å². The lowest BCUT2D eigenvalue weighted by Crippen LogP contribution is -2.40. The molecule has 4 aliphatic rings. The van der Waals surface area contributed by atoms with Gasteiger partial charge in [-0.05, 0) is 10.8 Å². The molecule has 1 heterocycles. The quantitative estimate of drug-likeness (QED) is 0.698. The number of hydrogen-bond donors (Lipinski definition) is 0. The third-order valence-corrected chi connectivity index (χ3v) is 5.79. The monoisotopic (exact) mass is 338 g/mol. The summed E-state index contributed by atoms with van der Waals surface area (Å²) in [6.07, 6.45) is 10.8. The number of hydrogen-bond acceptors (Lipinski definition) is 3. The highest BCUT2D eigenvalue weighted by molar-refractivity contribution is 6.04. The van der Waals surface area contributed by atoms with Crippen LogP contribution in [-0.4, -0.2) is 11.6 Å². The Morgan fingerprint density at radius 2 is 1.24 bits per heavy atom. The van der Waals surface area contributed by atoms with Gasteiger partial charge >= 0.3 is 0 Å². The number of carbonyl (C=O) groups excluding carboxylic acids is 2. The van der Waals surface area contributed by atoms with Gasteiger partial charge in [0, 0.05) is 48.7 Å². The SMILES string of the molecule is CC1(C)CC(=O)C2=C(C1)OC1=C(C(=O)CC(C)(C)C1)C2C1C=CC=C1. The second-order valence-electron chi connectivity index (χ2n) is 9.48. The molecule has 0 aromatic rings. The van der Waals surface area contributed by atoms with Crippen LogP contribution in [-0.2, 0) is 14.3 Å². The molecular weight excluding hydrogens is 312 g/mol. The van der Waals surface area contributed by atoms with Crippen LogP contribution in [0.5, 0.6) is 0 Å². The molecule has 0 N–H and O–H groups in total. The minimum Gasteiger partial charge on any atom is -0.465 e. The number of rotatable bonds is 1. The zero-order valence-electron chi connectivity index (χ0n) is 15.5. The molecule has 0 spiro atoms. The molecule has 3 nitrogen and oxygen atoms in total. The van der Waals surface area contributed by atoms with Crippen LogP contribution < -0.4 is 0 Å². The maximum absolute atomic E-state index is 13.0. The highest BCUT2D eigenvalue weighted by Crippen LogP contribution is 2.52. The fourth-order valence-electron chi connectivity index (χ4n) is 4.78. The molecule has 0 fully saturated rings. The van der Waals surface area contributed by atoms with E-state index in [9.17, 15) is 9.59 Å². The number of allylic oxidation sites excluding steroid dienone is 8. The van der Waals surface area contributed by atoms with Crippen molar-refractivity contribution in [3.8, 4) is 0 Å². The van der Waals surface area contributed by atoms with Gasteiger partial charge in [-0.1, -0.05) is 52.0 Å². The van der Waals surface area contributed by atoms with Crippen molar-refractivity contribution in [3.05, 3.63) is 47.0 Å². The number of ketones is 2. The molecule has 3 heteroatoms. The Balaban J connectivity index is 1.86. The van der Waals surface area contributed by atoms with E-state index in [1.54, 1.807) is 0 Å². The van der Waals surface area contributed by atoms with Crippen molar-refractivity contribution in [2.75, 3.05) is 0 Å². The molecule has 25 heavy (non-hydrogen) atoms. The molecule has 0 radical (unpaired) electrons. The van der Waals surface area contributed by atoms with Crippen molar-refractivity contribution < 1.29 is 14.3 Å². The Morgan fingerprint density at radius 3 is 1.68 bits per heavy atom. The Morgan fingerprint density at radius 1 is 0.800 bits per heavy atom. The molecule has 0 saturated heterocycles. The molecule has 132 valence electrons. The lowest BCUT2D eigenvalue weighted by atomic mass is 9.64. The Kier molecular flexibility index (Phi) is 3.51. The number of carbonyl (C=O) groups is 2. The predicted octanol–water partition coefficient (Wildman–Crippen LogP) is 4.66. The van der Waals surface area contributed by atoms with Crippen LogP contribution >= 0.6 is 0 Å². The molecule has 0 aromatic heterocycles. The van der Waals surface area contributed by atoms with Crippen molar-refractivity contribution in [2.24, 2.45) is 22.7 Å². The zero-order valence-corrected chi connectivity index (χ0v) is 15.5. The Labute approximate surface area is 149 Å². The van der Waals surface area contributed by atoms with Crippen LogP contribution in [0, 0.1) is 22.7 Å². The number of ether oxygens (including phenoxy) is 1. The molecule has 0 aromatic carbocycles. The van der Waals surface area contributed by atoms with E-state index in [-0.39, 0.29) is 34.2 Å². The summed E-state index contributed by atoms with van der Waals surface area (Å²) >= 11 is 0. The van der Waals surface area contributed by atoms with Gasteiger partial charge in [-0.2, -0.15) is 0 Å². The van der Waals surface area contributed by atoms with E-state index in [4.69, 9.17) is 4.74 Å². The largest absolute Gasteiger partial charge is 0.465 e. The van der Waals surface area contributed by atoms with E-state index in [2.05, 4.69) is 39.8 Å². The molecule has 3 aliphatic carbocycles. The summed E-state index contributed by atoms with van der Waals surface area (Å²) in [5, 5.41) is 0. The lowest BCUT2D eigenvalue weighted by Gasteiger charge is -2.43. The van der Waals surface area contributed by atoms with E-state index < -0.39 is 0 Å². The molecule has 0 bridgehead atoms. The average molecular weight is 338 g/mol. The summed E-state index contributed by atoms with van der Waals surface area (Å²) in [7, 11) is 0. The van der Waals surface area contributed by atoms with Crippen molar-refractivity contribution in [1.82, 2.24) is 0 Å². The first kappa shape index (κ1) is 16.6. The average Bonchev–Trinajstić information content (AvgIpc) is 2.95. The van der Waals surface area contributed by atoms with Gasteiger partial charge in [0.1, 0.15) is 11.5 Å². The van der Waals surface area contributed by atoms with Gasteiger partial charge in [0.2, 0.25) is 0 Å². The summed E-state index contributed by atoms with van der Waals surface area (Å²) in [5.74, 6) is 1.83. The summed E-state index contributed by atoms with van der Waals surface area (Å²) in [6, 6.07) is 0. The standard InChI is InChI=1S/C22H26O3/c1-21(2)9-14(23)19-16(11-21)25-17-12-22(3,4)10-15(24)20(17)18(19)13-7-5-6-8-13/h5-8,13,18H,9-12H2,1-4H3. The maximum atomic E-state index is 13.0. The van der Waals surface area contributed by atoms with Crippen LogP contribution in [0.2, 0.25) is 0 Å². The fraction of sp³-hybridized carbons (Fsp3) is 0.545. The second-order valence-corrected chi connectivity index (χ2v) is 9.48. The topological polar surface area (TPSA) is 43.4 Å². The van der Waals surface area contributed by atoms with Crippen molar-refractivity contribution in [2.45, 2.75) is 53.4 Å². The van der Waals surface area contributed by atoms with E-state index in [0.29, 0.717) is 12.8 Å². The molecule has 0 unspecified atom stereocenters. The smallest absolute Gasteiger partial charge is 0.163 e. The van der Waals surface area contributed by atoms with Crippen LogP contribution in [0.1, 0.15) is 53.4 Å². The highest BCUT2D eigenvalue weighted by Gasteiger charge is 2.48. The van der Waals surface area contributed by atoms with Gasteiger partial charge in [0.15, 0.2) is 11.6 Å². The predicted molar refractivity (Wildman–Crippen MR) is 96.4 cm³/mol. The minimum absolute atomic E-state index is 0.0780. The minimum atomic E-state index is -0.166. The van der Waals surface area contributed by atoms with Crippen LogP contribution in [0.3, 0.4) is 0 Å². The van der Waals surface area contributed by atoms with Crippen molar-refractivity contribution in [1.29, 1.82) is 0 Å². The first-order chi connectivity index (χ1) is 11.7. The second kappa shape index (κ2) is 5.30. The van der Waals surface area contributed by atoms with Crippen LogP contribution in [0.15, 0.2) is 47.0 Å². The van der Waals surface area contributed by atoms with Crippen molar-refractivity contribution >= 4 is 11.6 Å². The van der Waals surface area contributed by atoms with Crippen molar-refractivity contribution in [3.63, 3.8) is 0 Å². The molecule has 0 amide bonds. The van der Waals surface area contributed by atoms with Gasteiger partial charge < -0.3 is 4.74 Å². The Bertz CT molecular complexity index is 722. The third kappa shape index (κ3) is 2.74. The van der Waals surface area contributed by atoms with Gasteiger partial charge in [-0.3, -0.25) is 9.59 Å². The first-order valence-corrected chi connectivity index (χ1v) is 9.22. The fourth-order valence-corrected chi connectivity index (χ4v) is 4.78. The summed E-state index contributed by atoms with van der Waals surface area (Å²) in [4.78, 5) is 26.0. The molecule has 0 saturated carbocycles. The molecular formula is C22H26O3.